The number of fused-ring (bicyclic) bond motifs is 3. The molecule has 0 unspecified atom stereocenters. The molecule has 18 heteroatoms. The summed E-state index contributed by atoms with van der Waals surface area (Å²) in [5, 5.41) is 16.9. The van der Waals surface area contributed by atoms with Crippen molar-refractivity contribution in [2.45, 2.75) is 77.9 Å². The van der Waals surface area contributed by atoms with Crippen LogP contribution in [0.4, 0.5) is 47.6 Å². The Bertz CT molecular complexity index is 2760. The minimum Gasteiger partial charge on any atom is -0.392 e. The molecule has 5 aromatic rings. The molecule has 1 aliphatic carbocycles. The molecule has 15 nitrogen and oxygen atoms in total. The number of benzene rings is 1. The fourth-order valence-corrected chi connectivity index (χ4v) is 10.2. The Morgan fingerprint density at radius 1 is 1.00 bits per heavy atom. The first kappa shape index (κ1) is 44.7. The summed E-state index contributed by atoms with van der Waals surface area (Å²) in [5.74, 6) is -0.230. The lowest BCUT2D eigenvalue weighted by Gasteiger charge is -2.47. The van der Waals surface area contributed by atoms with Crippen molar-refractivity contribution in [3.8, 4) is 11.3 Å². The van der Waals surface area contributed by atoms with E-state index in [1.807, 2.05) is 18.2 Å². The lowest BCUT2D eigenvalue weighted by molar-refractivity contribution is -0.141. The van der Waals surface area contributed by atoms with E-state index < -0.39 is 29.9 Å². The lowest BCUT2D eigenvalue weighted by atomic mass is 9.90. The highest BCUT2D eigenvalue weighted by molar-refractivity contribution is 6.06. The molecule has 1 aromatic carbocycles. The van der Waals surface area contributed by atoms with E-state index in [2.05, 4.69) is 67.2 Å². The maximum Gasteiger partial charge on any atom is 0.433 e. The molecule has 0 radical (unpaired) electrons. The minimum atomic E-state index is -4.47. The smallest absolute Gasteiger partial charge is 0.392 e. The van der Waals surface area contributed by atoms with Gasteiger partial charge in [0.15, 0.2) is 5.82 Å². The number of alkyl halides is 3. The molecule has 0 spiro atoms. The maximum absolute atomic E-state index is 14.0. The van der Waals surface area contributed by atoms with Gasteiger partial charge in [0.2, 0.25) is 5.91 Å². The van der Waals surface area contributed by atoms with Crippen molar-refractivity contribution in [1.29, 1.82) is 0 Å². The summed E-state index contributed by atoms with van der Waals surface area (Å²) in [5.41, 5.74) is 5.68. The average molecular weight is 906 g/mol. The second kappa shape index (κ2) is 17.4. The summed E-state index contributed by atoms with van der Waals surface area (Å²) in [6.45, 7) is 14.4. The summed E-state index contributed by atoms with van der Waals surface area (Å²) < 4.78 is 42.7. The van der Waals surface area contributed by atoms with Crippen LogP contribution in [0.1, 0.15) is 66.6 Å². The van der Waals surface area contributed by atoms with Crippen LogP contribution in [0.15, 0.2) is 78.5 Å². The monoisotopic (exact) mass is 905 g/mol. The molecular weight excluding hydrogens is 852 g/mol. The number of aliphatic hydroxyl groups excluding tert-OH is 1. The maximum atomic E-state index is 14.0. The summed E-state index contributed by atoms with van der Waals surface area (Å²) >= 11 is 0. The van der Waals surface area contributed by atoms with E-state index in [1.165, 1.54) is 34.2 Å². The minimum absolute atomic E-state index is 0.0120. The number of piperidine rings is 1. The predicted molar refractivity (Wildman–Crippen MR) is 247 cm³/mol. The first-order valence-electron chi connectivity index (χ1n) is 22.3. The molecular formula is C48H54F3N11O4. The number of nitrogens with one attached hydrogen (secondary N) is 2. The summed E-state index contributed by atoms with van der Waals surface area (Å²) in [7, 11) is 1.61. The molecule has 9 rings (SSSR count). The third-order valence-electron chi connectivity index (χ3n) is 13.5. The molecule has 0 bridgehead atoms. The molecule has 4 aliphatic rings. The van der Waals surface area contributed by atoms with Gasteiger partial charge in [-0.3, -0.25) is 24.2 Å². The van der Waals surface area contributed by atoms with Gasteiger partial charge in [-0.15, -0.1) is 0 Å². The van der Waals surface area contributed by atoms with Crippen molar-refractivity contribution >= 4 is 46.2 Å². The van der Waals surface area contributed by atoms with Crippen LogP contribution in [0.5, 0.6) is 0 Å². The average Bonchev–Trinajstić information content (AvgIpc) is 3.79. The van der Waals surface area contributed by atoms with Crippen molar-refractivity contribution < 1.29 is 27.9 Å². The van der Waals surface area contributed by atoms with Crippen molar-refractivity contribution in [2.24, 2.45) is 12.5 Å². The fraction of sp³-hybridized carbons (Fsp3) is 0.417. The van der Waals surface area contributed by atoms with E-state index in [4.69, 9.17) is 4.98 Å². The van der Waals surface area contributed by atoms with Gasteiger partial charge in [-0.1, -0.05) is 20.4 Å². The summed E-state index contributed by atoms with van der Waals surface area (Å²) in [4.78, 5) is 61.8. The quantitative estimate of drug-likeness (QED) is 0.134. The van der Waals surface area contributed by atoms with E-state index in [-0.39, 0.29) is 23.2 Å². The van der Waals surface area contributed by atoms with Crippen LogP contribution in [0.25, 0.3) is 11.3 Å². The summed E-state index contributed by atoms with van der Waals surface area (Å²) in [6.07, 6.45) is 4.73. The van der Waals surface area contributed by atoms with Gasteiger partial charge in [0, 0.05) is 99.8 Å². The number of piperazine rings is 1. The number of carbonyl (C=O) groups is 2. The van der Waals surface area contributed by atoms with E-state index in [0.717, 1.165) is 50.5 Å². The predicted octanol–water partition coefficient (Wildman–Crippen LogP) is 6.38. The largest absolute Gasteiger partial charge is 0.433 e. The van der Waals surface area contributed by atoms with Crippen molar-refractivity contribution in [3.05, 3.63) is 112 Å². The number of carbonyl (C=O) groups excluding carboxylic acids is 2. The van der Waals surface area contributed by atoms with E-state index in [1.54, 1.807) is 36.5 Å². The van der Waals surface area contributed by atoms with Crippen LogP contribution in [-0.4, -0.2) is 97.3 Å². The Kier molecular flexibility index (Phi) is 11.7. The topological polar surface area (TPSA) is 157 Å². The summed E-state index contributed by atoms with van der Waals surface area (Å²) in [6, 6.07) is 12.1. The first-order valence-corrected chi connectivity index (χ1v) is 22.3. The van der Waals surface area contributed by atoms with Gasteiger partial charge < -0.3 is 34.7 Å². The van der Waals surface area contributed by atoms with E-state index in [9.17, 15) is 32.7 Å². The Balaban J connectivity index is 0.914. The number of aryl methyl sites for hydroxylation is 1. The van der Waals surface area contributed by atoms with Gasteiger partial charge >= 0.3 is 6.18 Å². The van der Waals surface area contributed by atoms with E-state index >= 15 is 0 Å². The second-order valence-corrected chi connectivity index (χ2v) is 18.5. The first-order chi connectivity index (χ1) is 31.5. The second-order valence-electron chi connectivity index (χ2n) is 18.5. The number of aromatic nitrogens is 5. The number of hydrogen-bond acceptors (Lipinski definition) is 11. The Labute approximate surface area is 380 Å². The Hall–Kier alpha value is -6.53. The number of nitrogens with zero attached hydrogens (tertiary/aromatic N) is 9. The molecule has 66 heavy (non-hydrogen) atoms. The van der Waals surface area contributed by atoms with Crippen molar-refractivity contribution in [3.63, 3.8) is 0 Å². The highest BCUT2D eigenvalue weighted by Gasteiger charge is 2.38. The number of amides is 2. The van der Waals surface area contributed by atoms with Crippen molar-refractivity contribution in [2.75, 3.05) is 64.6 Å². The molecule has 7 heterocycles. The van der Waals surface area contributed by atoms with Crippen LogP contribution in [0.3, 0.4) is 0 Å². The van der Waals surface area contributed by atoms with Gasteiger partial charge in [0.1, 0.15) is 17.2 Å². The third-order valence-corrected chi connectivity index (χ3v) is 13.5. The molecule has 1 atom stereocenters. The van der Waals surface area contributed by atoms with Crippen LogP contribution >= 0.6 is 0 Å². The fourth-order valence-electron chi connectivity index (χ4n) is 10.2. The molecule has 2 fully saturated rings. The number of aliphatic hydroxyl groups is 1. The van der Waals surface area contributed by atoms with Crippen LogP contribution < -0.4 is 30.9 Å². The normalized spacial score (nSPS) is 18.9. The SMILES string of the molecule is C=CC(=O)Nc1cc(Nc2nc(-c3ccnc(N4CCn5c(cc6c5CC(C)(C)C6)C4=O)c3CO)cn(C)c2=O)ccc1N1CCN(C2CCN(c3ccc(C(F)(F)F)nc3)CC2)C[C@@H]1C. The highest BCUT2D eigenvalue weighted by Crippen LogP contribution is 2.41. The van der Waals surface area contributed by atoms with Gasteiger partial charge in [-0.25, -0.2) is 15.0 Å². The third kappa shape index (κ3) is 8.54. The number of halogens is 3. The van der Waals surface area contributed by atoms with Gasteiger partial charge in [0.05, 0.1) is 35.6 Å². The zero-order chi connectivity index (χ0) is 46.7. The lowest BCUT2D eigenvalue weighted by Crippen LogP contribution is -2.57. The molecule has 2 saturated heterocycles. The van der Waals surface area contributed by atoms with Gasteiger partial charge in [-0.2, -0.15) is 13.2 Å². The molecule has 346 valence electrons. The number of rotatable bonds is 10. The standard InChI is InChI=1S/C48H54F3N11O4/c1-6-42(64)55-36-22-31(7-9-38(36)60-18-17-59(26-29(60)2)32-12-15-58(16-13-32)33-8-10-41(53-25-33)48(49,50)51)54-43-46(66)57(5)27-37(56-43)34-11-14-52-44(35(34)28-63)62-20-19-61-39(45(62)65)21-30-23-47(3,4)24-40(30)61/h6-11,14,21-22,25,27,29,32,63H,1,12-13,15-20,23-24,26,28H2,2-5H3,(H,54,56)(H,55,64)/t29-/m0/s1. The number of pyridine rings is 2. The zero-order valence-electron chi connectivity index (χ0n) is 37.5. The highest BCUT2D eigenvalue weighted by atomic mass is 19.4. The van der Waals surface area contributed by atoms with Crippen molar-refractivity contribution in [1.82, 2.24) is 29.0 Å². The molecule has 4 aromatic heterocycles. The van der Waals surface area contributed by atoms with Crippen LogP contribution in [-0.2, 0) is 44.0 Å². The zero-order valence-corrected chi connectivity index (χ0v) is 37.5. The van der Waals surface area contributed by atoms with Crippen LogP contribution in [0, 0.1) is 5.41 Å². The number of hydrogen-bond donors (Lipinski definition) is 3. The molecule has 3 aliphatic heterocycles. The molecule has 3 N–H and O–H groups in total. The Morgan fingerprint density at radius 2 is 1.79 bits per heavy atom. The number of anilines is 6. The van der Waals surface area contributed by atoms with Crippen LogP contribution in [0.2, 0.25) is 0 Å². The molecule has 0 saturated carbocycles. The van der Waals surface area contributed by atoms with Gasteiger partial charge in [-0.05, 0) is 92.1 Å². The molecule has 2 amide bonds. The Morgan fingerprint density at radius 3 is 2.48 bits per heavy atom. The van der Waals surface area contributed by atoms with E-state index in [0.29, 0.717) is 84.2 Å². The van der Waals surface area contributed by atoms with Gasteiger partial charge in [0.25, 0.3) is 11.5 Å².